The van der Waals surface area contributed by atoms with Gasteiger partial charge in [0.15, 0.2) is 6.61 Å². The maximum absolute atomic E-state index is 12.6. The van der Waals surface area contributed by atoms with Gasteiger partial charge < -0.3 is 20.7 Å². The molecule has 7 heteroatoms. The van der Waals surface area contributed by atoms with Gasteiger partial charge in [0.1, 0.15) is 11.8 Å². The largest absolute Gasteiger partial charge is 0.484 e. The molecule has 1 aromatic carbocycles. The third kappa shape index (κ3) is 7.25. The summed E-state index contributed by atoms with van der Waals surface area (Å²) < 4.78 is 5.46. The van der Waals surface area contributed by atoms with E-state index in [0.29, 0.717) is 18.2 Å². The van der Waals surface area contributed by atoms with Gasteiger partial charge in [-0.2, -0.15) is 11.8 Å². The van der Waals surface area contributed by atoms with Crippen LogP contribution in [0.5, 0.6) is 5.75 Å². The predicted octanol–water partition coefficient (Wildman–Crippen LogP) is 1.56. The van der Waals surface area contributed by atoms with Crippen LogP contribution in [0, 0.1) is 0 Å². The lowest BCUT2D eigenvalue weighted by atomic mass is 10.00. The number of hydrogen-bond donors (Lipinski definition) is 3. The number of benzene rings is 1. The highest BCUT2D eigenvalue weighted by Crippen LogP contribution is 2.10. The molecule has 1 aliphatic rings. The summed E-state index contributed by atoms with van der Waals surface area (Å²) in [5, 5.41) is 9.28. The van der Waals surface area contributed by atoms with E-state index in [0.717, 1.165) is 25.1 Å². The third-order valence-corrected chi connectivity index (χ3v) is 4.99. The van der Waals surface area contributed by atoms with E-state index in [-0.39, 0.29) is 24.5 Å². The van der Waals surface area contributed by atoms with Gasteiger partial charge in [-0.15, -0.1) is 0 Å². The summed E-state index contributed by atoms with van der Waals surface area (Å²) in [6, 6.07) is 9.20. The number of carbonyl (C=O) groups is 2. The lowest BCUT2D eigenvalue weighted by Crippen LogP contribution is -2.53. The van der Waals surface area contributed by atoms with Gasteiger partial charge in [0.05, 0.1) is 0 Å². The van der Waals surface area contributed by atoms with E-state index < -0.39 is 6.04 Å². The van der Waals surface area contributed by atoms with Crippen LogP contribution in [-0.2, 0) is 9.59 Å². The molecule has 1 saturated heterocycles. The van der Waals surface area contributed by atoms with Gasteiger partial charge in [-0.3, -0.25) is 9.59 Å². The average molecular weight is 380 g/mol. The summed E-state index contributed by atoms with van der Waals surface area (Å²) in [6.07, 6.45) is 4.41. The second kappa shape index (κ2) is 11.1. The van der Waals surface area contributed by atoms with Crippen molar-refractivity contribution in [1.29, 1.82) is 0 Å². The average Bonchev–Trinajstić information content (AvgIpc) is 2.64. The highest BCUT2D eigenvalue weighted by molar-refractivity contribution is 7.98. The Morgan fingerprint density at radius 1 is 1.35 bits per heavy atom. The minimum atomic E-state index is -0.528. The van der Waals surface area contributed by atoms with E-state index in [9.17, 15) is 9.59 Å². The zero-order valence-corrected chi connectivity index (χ0v) is 16.3. The zero-order chi connectivity index (χ0) is 18.8. The Bertz CT molecular complexity index is 570. The van der Waals surface area contributed by atoms with Crippen LogP contribution in [-0.4, -0.2) is 55.1 Å². The fraction of sp³-hybridized carbons (Fsp3) is 0.579. The molecule has 3 unspecified atom stereocenters. The lowest BCUT2D eigenvalue weighted by Gasteiger charge is -2.30. The lowest BCUT2D eigenvalue weighted by molar-refractivity contribution is -0.130. The number of rotatable bonds is 9. The molecule has 26 heavy (non-hydrogen) atoms. The highest BCUT2D eigenvalue weighted by atomic mass is 32.2. The Labute approximate surface area is 159 Å². The van der Waals surface area contributed by atoms with Gasteiger partial charge >= 0.3 is 0 Å². The van der Waals surface area contributed by atoms with E-state index in [1.165, 1.54) is 0 Å². The third-order valence-electron chi connectivity index (χ3n) is 4.35. The quantitative estimate of drug-likeness (QED) is 0.607. The number of carbonyl (C=O) groups excluding carboxylic acids is 2. The number of hydrogen-bond acceptors (Lipinski definition) is 5. The highest BCUT2D eigenvalue weighted by Gasteiger charge is 2.25. The molecule has 0 aliphatic carbocycles. The Morgan fingerprint density at radius 2 is 2.12 bits per heavy atom. The van der Waals surface area contributed by atoms with Crippen molar-refractivity contribution in [1.82, 2.24) is 16.0 Å². The molecule has 1 aromatic rings. The van der Waals surface area contributed by atoms with Crippen molar-refractivity contribution in [3.05, 3.63) is 30.3 Å². The molecule has 0 saturated carbocycles. The number of thioether (sulfide) groups is 1. The van der Waals surface area contributed by atoms with Crippen molar-refractivity contribution in [2.24, 2.45) is 0 Å². The van der Waals surface area contributed by atoms with E-state index in [1.807, 2.05) is 24.5 Å². The smallest absolute Gasteiger partial charge is 0.258 e. The van der Waals surface area contributed by atoms with Crippen molar-refractivity contribution >= 4 is 23.6 Å². The van der Waals surface area contributed by atoms with Crippen LogP contribution in [0.3, 0.4) is 0 Å². The molecular weight excluding hydrogens is 350 g/mol. The maximum atomic E-state index is 12.6. The summed E-state index contributed by atoms with van der Waals surface area (Å²) >= 11 is 1.66. The monoisotopic (exact) mass is 379 g/mol. The zero-order valence-electron chi connectivity index (χ0n) is 15.5. The number of para-hydroxylation sites is 1. The Hall–Kier alpha value is -1.73. The van der Waals surface area contributed by atoms with Crippen LogP contribution in [0.15, 0.2) is 30.3 Å². The molecular formula is C19H29N3O3S. The van der Waals surface area contributed by atoms with Gasteiger partial charge in [0.2, 0.25) is 5.91 Å². The summed E-state index contributed by atoms with van der Waals surface area (Å²) in [6.45, 7) is 2.92. The first-order valence-electron chi connectivity index (χ1n) is 9.08. The first kappa shape index (κ1) is 20.6. The summed E-state index contributed by atoms with van der Waals surface area (Å²) in [7, 11) is 0. The molecule has 2 amide bonds. The minimum absolute atomic E-state index is 0.0998. The first-order valence-corrected chi connectivity index (χ1v) is 10.5. The SMILES string of the molecule is CSCCC(NC(=O)COc1ccccc1)C(=O)NC1CCNC(C)C1. The Kier molecular flexibility index (Phi) is 8.77. The summed E-state index contributed by atoms with van der Waals surface area (Å²) in [4.78, 5) is 24.8. The molecule has 1 fully saturated rings. The second-order valence-corrected chi connectivity index (χ2v) is 7.57. The molecule has 0 spiro atoms. The molecule has 6 nitrogen and oxygen atoms in total. The summed E-state index contributed by atoms with van der Waals surface area (Å²) in [5.74, 6) is 1.05. The number of ether oxygens (including phenoxy) is 1. The van der Waals surface area contributed by atoms with Crippen LogP contribution in [0.2, 0.25) is 0 Å². The maximum Gasteiger partial charge on any atom is 0.258 e. The molecule has 1 aliphatic heterocycles. The fourth-order valence-electron chi connectivity index (χ4n) is 2.97. The number of nitrogens with one attached hydrogen (secondary N) is 3. The van der Waals surface area contributed by atoms with Gasteiger partial charge in [0, 0.05) is 12.1 Å². The molecule has 1 heterocycles. The number of amides is 2. The van der Waals surface area contributed by atoms with Crippen molar-refractivity contribution in [3.8, 4) is 5.75 Å². The molecule has 144 valence electrons. The molecule has 3 N–H and O–H groups in total. The standard InChI is InChI=1S/C19H29N3O3S/c1-14-12-15(8-10-20-14)21-19(24)17(9-11-26-2)22-18(23)13-25-16-6-4-3-5-7-16/h3-7,14-15,17,20H,8-13H2,1-2H3,(H,21,24)(H,22,23). The summed E-state index contributed by atoms with van der Waals surface area (Å²) in [5.41, 5.74) is 0. The normalized spacial score (nSPS) is 20.8. The Morgan fingerprint density at radius 3 is 2.81 bits per heavy atom. The molecule has 0 bridgehead atoms. The van der Waals surface area contributed by atoms with Gasteiger partial charge in [-0.1, -0.05) is 18.2 Å². The van der Waals surface area contributed by atoms with Crippen molar-refractivity contribution in [2.75, 3.05) is 25.2 Å². The van der Waals surface area contributed by atoms with Crippen molar-refractivity contribution in [2.45, 2.75) is 44.3 Å². The first-order chi connectivity index (χ1) is 12.6. The fourth-order valence-corrected chi connectivity index (χ4v) is 3.44. The second-order valence-electron chi connectivity index (χ2n) is 6.59. The van der Waals surface area contributed by atoms with Crippen molar-refractivity contribution in [3.63, 3.8) is 0 Å². The van der Waals surface area contributed by atoms with E-state index in [2.05, 4.69) is 22.9 Å². The van der Waals surface area contributed by atoms with Crippen molar-refractivity contribution < 1.29 is 14.3 Å². The van der Waals surface area contributed by atoms with E-state index in [1.54, 1.807) is 23.9 Å². The minimum Gasteiger partial charge on any atom is -0.484 e. The molecule has 0 radical (unpaired) electrons. The van der Waals surface area contributed by atoms with E-state index >= 15 is 0 Å². The van der Waals surface area contributed by atoms with Crippen LogP contribution >= 0.6 is 11.8 Å². The van der Waals surface area contributed by atoms with Gasteiger partial charge in [0.25, 0.3) is 5.91 Å². The van der Waals surface area contributed by atoms with Gasteiger partial charge in [-0.25, -0.2) is 0 Å². The van der Waals surface area contributed by atoms with Crippen LogP contribution < -0.4 is 20.7 Å². The number of piperidine rings is 1. The molecule has 0 aromatic heterocycles. The van der Waals surface area contributed by atoms with Crippen LogP contribution in [0.1, 0.15) is 26.2 Å². The van der Waals surface area contributed by atoms with Crippen LogP contribution in [0.4, 0.5) is 0 Å². The Balaban J connectivity index is 1.84. The topological polar surface area (TPSA) is 79.5 Å². The van der Waals surface area contributed by atoms with Gasteiger partial charge in [-0.05, 0) is 56.9 Å². The van der Waals surface area contributed by atoms with E-state index in [4.69, 9.17) is 4.74 Å². The molecule has 3 atom stereocenters. The predicted molar refractivity (Wildman–Crippen MR) is 105 cm³/mol. The molecule has 2 rings (SSSR count). The van der Waals surface area contributed by atoms with Crippen LogP contribution in [0.25, 0.3) is 0 Å².